The average Bonchev–Trinajstić information content (AvgIpc) is 3.42. The lowest BCUT2D eigenvalue weighted by Crippen LogP contribution is -2.40. The number of aryl methyl sites for hydroxylation is 1. The number of aromatic nitrogens is 1. The van der Waals surface area contributed by atoms with Crippen molar-refractivity contribution >= 4 is 28.4 Å². The average molecular weight is 476 g/mol. The van der Waals surface area contributed by atoms with Crippen LogP contribution in [0.25, 0.3) is 10.9 Å². The van der Waals surface area contributed by atoms with Crippen LogP contribution in [0.2, 0.25) is 5.02 Å². The Morgan fingerprint density at radius 2 is 1.79 bits per heavy atom. The number of halogens is 1. The van der Waals surface area contributed by atoms with Crippen molar-refractivity contribution in [3.8, 4) is 0 Å². The number of carbonyl (C=O) groups excluding carboxylic acids is 1. The molecule has 1 fully saturated rings. The van der Waals surface area contributed by atoms with Gasteiger partial charge in [-0.3, -0.25) is 9.69 Å². The predicted molar refractivity (Wildman–Crippen MR) is 136 cm³/mol. The van der Waals surface area contributed by atoms with Crippen LogP contribution in [0.15, 0.2) is 71.1 Å². The molecule has 0 atom stereocenters. The number of furan rings is 1. The Labute approximate surface area is 205 Å². The number of rotatable bonds is 7. The van der Waals surface area contributed by atoms with Gasteiger partial charge in [-0.15, -0.1) is 0 Å². The van der Waals surface area contributed by atoms with Crippen molar-refractivity contribution in [2.24, 2.45) is 5.92 Å². The van der Waals surface area contributed by atoms with Crippen LogP contribution in [0.3, 0.4) is 0 Å². The zero-order chi connectivity index (χ0) is 23.5. The molecule has 1 N–H and O–H groups in total. The number of nitrogens with one attached hydrogen (secondary N) is 1. The lowest BCUT2D eigenvalue weighted by Gasteiger charge is -2.31. The van der Waals surface area contributed by atoms with E-state index in [9.17, 15) is 4.79 Å². The molecule has 4 aromatic rings. The highest BCUT2D eigenvalue weighted by Crippen LogP contribution is 2.26. The van der Waals surface area contributed by atoms with E-state index in [1.54, 1.807) is 0 Å². The van der Waals surface area contributed by atoms with Crippen molar-refractivity contribution < 1.29 is 9.21 Å². The molecule has 0 bridgehead atoms. The molecule has 0 saturated carbocycles. The summed E-state index contributed by atoms with van der Waals surface area (Å²) in [4.78, 5) is 15.1. The monoisotopic (exact) mass is 475 g/mol. The molecule has 0 aliphatic carbocycles. The van der Waals surface area contributed by atoms with Crippen LogP contribution in [0.4, 0.5) is 0 Å². The first-order chi connectivity index (χ1) is 16.6. The topological polar surface area (TPSA) is 50.4 Å². The Hall–Kier alpha value is -3.02. The number of benzene rings is 2. The molecule has 1 aliphatic heterocycles. The van der Waals surface area contributed by atoms with Gasteiger partial charge in [-0.1, -0.05) is 48.0 Å². The summed E-state index contributed by atoms with van der Waals surface area (Å²) in [5, 5.41) is 5.07. The third-order valence-electron chi connectivity index (χ3n) is 6.76. The molecule has 6 heteroatoms. The number of amides is 1. The number of para-hydroxylation sites is 1. The van der Waals surface area contributed by atoms with Gasteiger partial charge in [0.1, 0.15) is 11.5 Å². The highest BCUT2D eigenvalue weighted by atomic mass is 35.5. The van der Waals surface area contributed by atoms with Gasteiger partial charge in [-0.2, -0.15) is 0 Å². The molecule has 2 aromatic carbocycles. The zero-order valence-corrected chi connectivity index (χ0v) is 20.2. The van der Waals surface area contributed by atoms with Crippen molar-refractivity contribution in [1.82, 2.24) is 14.8 Å². The Balaban J connectivity index is 1.24. The molecule has 1 amide bonds. The number of fused-ring (bicyclic) bond motifs is 1. The van der Waals surface area contributed by atoms with E-state index in [4.69, 9.17) is 16.0 Å². The smallest absolute Gasteiger partial charge is 0.223 e. The van der Waals surface area contributed by atoms with Gasteiger partial charge in [0, 0.05) is 35.2 Å². The predicted octanol–water partition coefficient (Wildman–Crippen LogP) is 5.77. The molecule has 0 radical (unpaired) electrons. The van der Waals surface area contributed by atoms with Crippen LogP contribution >= 0.6 is 11.6 Å². The van der Waals surface area contributed by atoms with Crippen LogP contribution in [-0.4, -0.2) is 28.5 Å². The minimum absolute atomic E-state index is 0.0568. The zero-order valence-electron chi connectivity index (χ0n) is 19.5. The molecule has 176 valence electrons. The summed E-state index contributed by atoms with van der Waals surface area (Å²) in [7, 11) is 0. The van der Waals surface area contributed by atoms with E-state index in [1.165, 1.54) is 16.6 Å². The number of hydrogen-bond acceptors (Lipinski definition) is 3. The number of likely N-dealkylation sites (tertiary alicyclic amines) is 1. The molecule has 34 heavy (non-hydrogen) atoms. The van der Waals surface area contributed by atoms with Gasteiger partial charge in [0.2, 0.25) is 5.91 Å². The van der Waals surface area contributed by atoms with Crippen LogP contribution in [-0.2, 0) is 24.4 Å². The summed E-state index contributed by atoms with van der Waals surface area (Å²) in [5.74, 6) is 1.85. The fraction of sp³-hybridized carbons (Fsp3) is 0.321. The Kier molecular flexibility index (Phi) is 6.75. The maximum Gasteiger partial charge on any atom is 0.223 e. The fourth-order valence-electron chi connectivity index (χ4n) is 4.86. The molecule has 1 saturated heterocycles. The number of piperidine rings is 1. The molecule has 5 rings (SSSR count). The van der Waals surface area contributed by atoms with Crippen LogP contribution < -0.4 is 5.32 Å². The van der Waals surface area contributed by atoms with Gasteiger partial charge in [-0.05, 0) is 74.1 Å². The molecular formula is C28H30ClN3O2. The number of carbonyl (C=O) groups is 1. The van der Waals surface area contributed by atoms with Crippen molar-refractivity contribution in [1.29, 1.82) is 0 Å². The van der Waals surface area contributed by atoms with E-state index in [1.807, 2.05) is 37.3 Å². The van der Waals surface area contributed by atoms with Gasteiger partial charge in [0.15, 0.2) is 0 Å². The summed E-state index contributed by atoms with van der Waals surface area (Å²) in [6.07, 6.45) is 1.74. The molecule has 2 aromatic heterocycles. The van der Waals surface area contributed by atoms with Gasteiger partial charge < -0.3 is 14.3 Å². The van der Waals surface area contributed by atoms with E-state index >= 15 is 0 Å². The third kappa shape index (κ3) is 5.06. The maximum absolute atomic E-state index is 12.7. The standard InChI is InChI=1S/C28H30ClN3O2/c1-20-10-11-25(34-20)17-30-28(33)21-12-14-31(15-13-21)19-24-16-22-6-3-5-9-27(22)32(24)18-23-7-2-4-8-26(23)29/h2-11,16,21H,12-15,17-19H2,1H3,(H,30,33). The summed E-state index contributed by atoms with van der Waals surface area (Å²) < 4.78 is 7.93. The van der Waals surface area contributed by atoms with Crippen molar-refractivity contribution in [2.45, 2.75) is 39.4 Å². The normalized spacial score (nSPS) is 15.1. The van der Waals surface area contributed by atoms with Crippen molar-refractivity contribution in [3.05, 3.63) is 94.5 Å². The number of hydrogen-bond donors (Lipinski definition) is 1. The summed E-state index contributed by atoms with van der Waals surface area (Å²) >= 11 is 6.48. The molecule has 0 unspecified atom stereocenters. The summed E-state index contributed by atoms with van der Waals surface area (Å²) in [6, 6.07) is 22.7. The fourth-order valence-corrected chi connectivity index (χ4v) is 5.06. The van der Waals surface area contributed by atoms with E-state index in [-0.39, 0.29) is 11.8 Å². The lowest BCUT2D eigenvalue weighted by atomic mass is 9.96. The second-order valence-electron chi connectivity index (χ2n) is 9.15. The van der Waals surface area contributed by atoms with Gasteiger partial charge in [-0.25, -0.2) is 0 Å². The van der Waals surface area contributed by atoms with Crippen molar-refractivity contribution in [2.75, 3.05) is 13.1 Å². The highest BCUT2D eigenvalue weighted by molar-refractivity contribution is 6.31. The maximum atomic E-state index is 12.7. The van der Waals surface area contributed by atoms with E-state index in [2.05, 4.69) is 51.2 Å². The second-order valence-corrected chi connectivity index (χ2v) is 9.56. The van der Waals surface area contributed by atoms with E-state index in [0.717, 1.165) is 61.1 Å². The van der Waals surface area contributed by atoms with Gasteiger partial charge in [0.25, 0.3) is 0 Å². The third-order valence-corrected chi connectivity index (χ3v) is 7.13. The van der Waals surface area contributed by atoms with Gasteiger partial charge in [0.05, 0.1) is 6.54 Å². The largest absolute Gasteiger partial charge is 0.465 e. The van der Waals surface area contributed by atoms with Crippen LogP contribution in [0.1, 0.15) is 35.6 Å². The van der Waals surface area contributed by atoms with E-state index in [0.29, 0.717) is 6.54 Å². The summed E-state index contributed by atoms with van der Waals surface area (Å²) in [5.41, 5.74) is 3.62. The van der Waals surface area contributed by atoms with Gasteiger partial charge >= 0.3 is 0 Å². The van der Waals surface area contributed by atoms with Crippen LogP contribution in [0, 0.1) is 12.8 Å². The molecular weight excluding hydrogens is 446 g/mol. The number of nitrogens with zero attached hydrogens (tertiary/aromatic N) is 2. The SMILES string of the molecule is Cc1ccc(CNC(=O)C2CCN(Cc3cc4ccccc4n3Cc3ccccc3Cl)CC2)o1. The first kappa shape index (κ1) is 22.8. The quantitative estimate of drug-likeness (QED) is 0.369. The lowest BCUT2D eigenvalue weighted by molar-refractivity contribution is -0.126. The Bertz CT molecular complexity index is 1280. The minimum atomic E-state index is 0.0568. The molecule has 5 nitrogen and oxygen atoms in total. The Morgan fingerprint density at radius 1 is 1.03 bits per heavy atom. The first-order valence-corrected chi connectivity index (χ1v) is 12.3. The molecule has 0 spiro atoms. The second kappa shape index (κ2) is 10.1. The Morgan fingerprint density at radius 3 is 2.56 bits per heavy atom. The molecule has 3 heterocycles. The van der Waals surface area contributed by atoms with Crippen LogP contribution in [0.5, 0.6) is 0 Å². The molecule has 1 aliphatic rings. The first-order valence-electron chi connectivity index (χ1n) is 11.9. The minimum Gasteiger partial charge on any atom is -0.465 e. The van der Waals surface area contributed by atoms with E-state index < -0.39 is 0 Å². The highest BCUT2D eigenvalue weighted by Gasteiger charge is 2.26. The summed E-state index contributed by atoms with van der Waals surface area (Å²) in [6.45, 7) is 5.79. The van der Waals surface area contributed by atoms with Crippen molar-refractivity contribution in [3.63, 3.8) is 0 Å².